The van der Waals surface area contributed by atoms with E-state index in [4.69, 9.17) is 21.1 Å². The van der Waals surface area contributed by atoms with Gasteiger partial charge in [-0.05, 0) is 74.0 Å². The summed E-state index contributed by atoms with van der Waals surface area (Å²) >= 11 is 11.4. The molecule has 0 saturated carbocycles. The number of carbonyl (C=O) groups excluding carboxylic acids is 1. The first-order valence-electron chi connectivity index (χ1n) is 10.1. The van der Waals surface area contributed by atoms with E-state index < -0.39 is 0 Å². The molecule has 2 aromatic carbocycles. The van der Waals surface area contributed by atoms with Gasteiger partial charge in [0.15, 0.2) is 16.7 Å². The van der Waals surface area contributed by atoms with E-state index >= 15 is 0 Å². The summed E-state index contributed by atoms with van der Waals surface area (Å²) in [6, 6.07) is 11.5. The molecule has 2 aromatic rings. The van der Waals surface area contributed by atoms with Crippen LogP contribution in [0.15, 0.2) is 50.8 Å². The van der Waals surface area contributed by atoms with E-state index in [2.05, 4.69) is 20.9 Å². The summed E-state index contributed by atoms with van der Waals surface area (Å²) in [6.45, 7) is 7.84. The second kappa shape index (κ2) is 11.1. The monoisotopic (exact) mass is 522 g/mol. The van der Waals surface area contributed by atoms with Crippen LogP contribution in [0.2, 0.25) is 5.02 Å². The average molecular weight is 524 g/mol. The Labute approximate surface area is 200 Å². The van der Waals surface area contributed by atoms with Crippen molar-refractivity contribution in [2.75, 3.05) is 19.7 Å². The SMILES string of the molecule is CCN=C1S/C(=C/c2cc(Cl)c(OCc3ccc(Br)cc3)c(OCC)c2)C(=O)N1CC. The van der Waals surface area contributed by atoms with Crippen molar-refractivity contribution in [3.8, 4) is 11.5 Å². The molecule has 1 saturated heterocycles. The smallest absolute Gasteiger partial charge is 0.266 e. The molecule has 0 bridgehead atoms. The Morgan fingerprint density at radius 2 is 1.90 bits per heavy atom. The third-order valence-electron chi connectivity index (χ3n) is 4.42. The van der Waals surface area contributed by atoms with Crippen molar-refractivity contribution in [1.82, 2.24) is 4.90 Å². The van der Waals surface area contributed by atoms with E-state index in [1.807, 2.05) is 57.2 Å². The highest BCUT2D eigenvalue weighted by molar-refractivity contribution is 9.10. The molecule has 1 fully saturated rings. The van der Waals surface area contributed by atoms with Gasteiger partial charge in [0, 0.05) is 17.6 Å². The van der Waals surface area contributed by atoms with Gasteiger partial charge in [0.1, 0.15) is 6.61 Å². The number of halogens is 2. The number of amides is 1. The first kappa shape index (κ1) is 23.7. The lowest BCUT2D eigenvalue weighted by molar-refractivity contribution is -0.122. The highest BCUT2D eigenvalue weighted by Crippen LogP contribution is 2.39. The lowest BCUT2D eigenvalue weighted by atomic mass is 10.1. The number of rotatable bonds is 8. The lowest BCUT2D eigenvalue weighted by Crippen LogP contribution is -2.28. The maximum absolute atomic E-state index is 12.7. The van der Waals surface area contributed by atoms with Crippen LogP contribution in [0.1, 0.15) is 31.9 Å². The standard InChI is InChI=1S/C23H24BrClN2O3S/c1-4-26-23-27(5-2)22(28)20(31-23)13-16-11-18(25)21(19(12-16)29-6-3)30-14-15-7-9-17(24)10-8-15/h7-13H,4-6,14H2,1-3H3/b20-13+,26-23?. The van der Waals surface area contributed by atoms with E-state index in [1.165, 1.54) is 11.8 Å². The highest BCUT2D eigenvalue weighted by Gasteiger charge is 2.32. The minimum absolute atomic E-state index is 0.0515. The zero-order valence-electron chi connectivity index (χ0n) is 17.7. The first-order chi connectivity index (χ1) is 15.0. The number of carbonyl (C=O) groups is 1. The second-order valence-electron chi connectivity index (χ2n) is 6.60. The molecular formula is C23H24BrClN2O3S. The van der Waals surface area contributed by atoms with Crippen molar-refractivity contribution in [3.05, 3.63) is 61.9 Å². The average Bonchev–Trinajstić information content (AvgIpc) is 3.03. The van der Waals surface area contributed by atoms with Crippen LogP contribution < -0.4 is 9.47 Å². The van der Waals surface area contributed by atoms with Gasteiger partial charge in [-0.3, -0.25) is 14.7 Å². The third kappa shape index (κ3) is 5.84. The Morgan fingerprint density at radius 3 is 2.55 bits per heavy atom. The summed E-state index contributed by atoms with van der Waals surface area (Å²) in [4.78, 5) is 19.5. The van der Waals surface area contributed by atoms with Gasteiger partial charge in [-0.15, -0.1) is 0 Å². The maximum Gasteiger partial charge on any atom is 0.266 e. The van der Waals surface area contributed by atoms with E-state index in [0.29, 0.717) is 47.7 Å². The molecule has 0 unspecified atom stereocenters. The number of hydrogen-bond donors (Lipinski definition) is 0. The Hall–Kier alpha value is -1.96. The van der Waals surface area contributed by atoms with Gasteiger partial charge >= 0.3 is 0 Å². The van der Waals surface area contributed by atoms with Crippen LogP contribution in [0.4, 0.5) is 0 Å². The summed E-state index contributed by atoms with van der Waals surface area (Å²) in [5, 5.41) is 1.16. The summed E-state index contributed by atoms with van der Waals surface area (Å²) in [7, 11) is 0. The number of amidine groups is 1. The molecule has 1 aliphatic heterocycles. The summed E-state index contributed by atoms with van der Waals surface area (Å²) < 4.78 is 12.8. The molecule has 31 heavy (non-hydrogen) atoms. The fourth-order valence-electron chi connectivity index (χ4n) is 3.00. The number of hydrogen-bond acceptors (Lipinski definition) is 5. The van der Waals surface area contributed by atoms with Crippen LogP contribution in [-0.2, 0) is 11.4 Å². The lowest BCUT2D eigenvalue weighted by Gasteiger charge is -2.15. The van der Waals surface area contributed by atoms with Crippen LogP contribution in [-0.4, -0.2) is 35.7 Å². The highest BCUT2D eigenvalue weighted by atomic mass is 79.9. The van der Waals surface area contributed by atoms with E-state index in [1.54, 1.807) is 11.0 Å². The molecular weight excluding hydrogens is 500 g/mol. The first-order valence-corrected chi connectivity index (χ1v) is 12.0. The van der Waals surface area contributed by atoms with Crippen molar-refractivity contribution < 1.29 is 14.3 Å². The molecule has 0 N–H and O–H groups in total. The number of nitrogens with zero attached hydrogens (tertiary/aromatic N) is 2. The van der Waals surface area contributed by atoms with Gasteiger partial charge in [0.05, 0.1) is 16.5 Å². The molecule has 0 spiro atoms. The van der Waals surface area contributed by atoms with Crippen molar-refractivity contribution in [2.45, 2.75) is 27.4 Å². The predicted octanol–water partition coefficient (Wildman–Crippen LogP) is 6.39. The molecule has 0 radical (unpaired) electrons. The van der Waals surface area contributed by atoms with Crippen LogP contribution in [0, 0.1) is 0 Å². The molecule has 5 nitrogen and oxygen atoms in total. The molecule has 1 aliphatic rings. The van der Waals surface area contributed by atoms with E-state index in [-0.39, 0.29) is 5.91 Å². The Morgan fingerprint density at radius 1 is 1.16 bits per heavy atom. The largest absolute Gasteiger partial charge is 0.490 e. The van der Waals surface area contributed by atoms with Crippen LogP contribution in [0.25, 0.3) is 6.08 Å². The minimum atomic E-state index is -0.0515. The third-order valence-corrected chi connectivity index (χ3v) is 6.28. The maximum atomic E-state index is 12.7. The fourth-order valence-corrected chi connectivity index (χ4v) is 4.64. The molecule has 1 amide bonds. The molecule has 3 rings (SSSR count). The minimum Gasteiger partial charge on any atom is -0.490 e. The van der Waals surface area contributed by atoms with Gasteiger partial charge in [-0.25, -0.2) is 0 Å². The fraction of sp³-hybridized carbons (Fsp3) is 0.304. The van der Waals surface area contributed by atoms with Gasteiger partial charge < -0.3 is 9.47 Å². The Bertz CT molecular complexity index is 1010. The van der Waals surface area contributed by atoms with Gasteiger partial charge in [-0.1, -0.05) is 39.7 Å². The molecule has 1 heterocycles. The Balaban J connectivity index is 1.87. The summed E-state index contributed by atoms with van der Waals surface area (Å²) in [5.74, 6) is 0.982. The number of likely N-dealkylation sites (N-methyl/N-ethyl adjacent to an activating group) is 1. The topological polar surface area (TPSA) is 51.1 Å². The number of thioether (sulfide) groups is 1. The summed E-state index contributed by atoms with van der Waals surface area (Å²) in [5.41, 5.74) is 1.79. The van der Waals surface area contributed by atoms with E-state index in [9.17, 15) is 4.79 Å². The van der Waals surface area contributed by atoms with Crippen LogP contribution in [0.5, 0.6) is 11.5 Å². The van der Waals surface area contributed by atoms with E-state index in [0.717, 1.165) is 20.8 Å². The van der Waals surface area contributed by atoms with Crippen molar-refractivity contribution >= 4 is 56.4 Å². The number of aliphatic imine (C=N–C) groups is 1. The number of ether oxygens (including phenoxy) is 2. The molecule has 0 atom stereocenters. The second-order valence-corrected chi connectivity index (χ2v) is 8.93. The molecule has 164 valence electrons. The normalized spacial score (nSPS) is 16.4. The zero-order valence-corrected chi connectivity index (χ0v) is 20.8. The molecule has 0 aromatic heterocycles. The van der Waals surface area contributed by atoms with Gasteiger partial charge in [-0.2, -0.15) is 0 Å². The summed E-state index contributed by atoms with van der Waals surface area (Å²) in [6.07, 6.45) is 1.82. The predicted molar refractivity (Wildman–Crippen MR) is 132 cm³/mol. The van der Waals surface area contributed by atoms with Gasteiger partial charge in [0.2, 0.25) is 0 Å². The quantitative estimate of drug-likeness (QED) is 0.376. The van der Waals surface area contributed by atoms with Gasteiger partial charge in [0.25, 0.3) is 5.91 Å². The van der Waals surface area contributed by atoms with Crippen molar-refractivity contribution in [1.29, 1.82) is 0 Å². The molecule has 0 aliphatic carbocycles. The number of benzene rings is 2. The van der Waals surface area contributed by atoms with Crippen molar-refractivity contribution in [3.63, 3.8) is 0 Å². The van der Waals surface area contributed by atoms with Crippen LogP contribution >= 0.6 is 39.3 Å². The Kier molecular flexibility index (Phi) is 8.46. The van der Waals surface area contributed by atoms with Crippen molar-refractivity contribution in [2.24, 2.45) is 4.99 Å². The molecule has 8 heteroatoms. The van der Waals surface area contributed by atoms with Crippen LogP contribution in [0.3, 0.4) is 0 Å². The zero-order chi connectivity index (χ0) is 22.4.